The van der Waals surface area contributed by atoms with E-state index in [9.17, 15) is 9.59 Å². The number of nitrogens with zero attached hydrogens (tertiary/aromatic N) is 2. The second kappa shape index (κ2) is 11.5. The number of hydrogen-bond donors (Lipinski definition) is 2. The van der Waals surface area contributed by atoms with Gasteiger partial charge in [0.1, 0.15) is 12.2 Å². The molecule has 150 valence electrons. The number of esters is 2. The van der Waals surface area contributed by atoms with Crippen molar-refractivity contribution in [1.29, 1.82) is 0 Å². The number of rotatable bonds is 8. The molecule has 2 fully saturated rings. The van der Waals surface area contributed by atoms with Crippen molar-refractivity contribution in [2.75, 3.05) is 52.4 Å². The average Bonchev–Trinajstić information content (AvgIpc) is 2.67. The lowest BCUT2D eigenvalue weighted by atomic mass is 10.1. The Morgan fingerprint density at radius 2 is 1.08 bits per heavy atom. The Labute approximate surface area is 156 Å². The van der Waals surface area contributed by atoms with E-state index in [-0.39, 0.29) is 12.2 Å². The molecule has 2 rings (SSSR count). The third-order valence-corrected chi connectivity index (χ3v) is 5.14. The fourth-order valence-electron chi connectivity index (χ4n) is 3.53. The van der Waals surface area contributed by atoms with E-state index in [2.05, 4.69) is 9.80 Å². The van der Waals surface area contributed by atoms with Crippen molar-refractivity contribution in [2.24, 2.45) is 11.5 Å². The van der Waals surface area contributed by atoms with Gasteiger partial charge in [-0.15, -0.1) is 0 Å². The summed E-state index contributed by atoms with van der Waals surface area (Å²) < 4.78 is 10.7. The van der Waals surface area contributed by atoms with Crippen molar-refractivity contribution in [1.82, 2.24) is 9.80 Å². The fourth-order valence-corrected chi connectivity index (χ4v) is 3.53. The predicted molar refractivity (Wildman–Crippen MR) is 98.5 cm³/mol. The Kier molecular flexibility index (Phi) is 9.31. The van der Waals surface area contributed by atoms with E-state index in [4.69, 9.17) is 20.9 Å². The van der Waals surface area contributed by atoms with Crippen molar-refractivity contribution in [3.63, 3.8) is 0 Å². The van der Waals surface area contributed by atoms with Crippen LogP contribution in [0.4, 0.5) is 0 Å². The van der Waals surface area contributed by atoms with Crippen LogP contribution in [0.5, 0.6) is 0 Å². The topological polar surface area (TPSA) is 111 Å². The molecule has 0 aliphatic carbocycles. The number of ether oxygens (including phenoxy) is 2. The Morgan fingerprint density at radius 1 is 0.731 bits per heavy atom. The van der Waals surface area contributed by atoms with Crippen molar-refractivity contribution >= 4 is 11.9 Å². The van der Waals surface area contributed by atoms with Gasteiger partial charge in [-0.25, -0.2) is 9.59 Å². The zero-order valence-electron chi connectivity index (χ0n) is 15.7. The highest BCUT2D eigenvalue weighted by Crippen LogP contribution is 2.16. The van der Waals surface area contributed by atoms with Crippen molar-refractivity contribution in [3.8, 4) is 0 Å². The highest BCUT2D eigenvalue weighted by molar-refractivity contribution is 6.29. The lowest BCUT2D eigenvalue weighted by molar-refractivity contribution is -0.176. The minimum atomic E-state index is -0.851. The molecule has 4 N–H and O–H groups in total. The van der Waals surface area contributed by atoms with Gasteiger partial charge in [0.2, 0.25) is 0 Å². The molecule has 0 amide bonds. The maximum atomic E-state index is 12.0. The van der Waals surface area contributed by atoms with Crippen molar-refractivity contribution in [3.05, 3.63) is 0 Å². The summed E-state index contributed by atoms with van der Waals surface area (Å²) in [7, 11) is 0. The first kappa shape index (κ1) is 21.1. The van der Waals surface area contributed by atoms with Gasteiger partial charge in [0.25, 0.3) is 0 Å². The summed E-state index contributed by atoms with van der Waals surface area (Å²) in [6.07, 6.45) is 4.58. The molecule has 2 heterocycles. The van der Waals surface area contributed by atoms with Crippen LogP contribution in [0.15, 0.2) is 0 Å². The summed E-state index contributed by atoms with van der Waals surface area (Å²) in [5, 5.41) is 0. The molecule has 0 atom stereocenters. The van der Waals surface area contributed by atoms with E-state index in [1.165, 1.54) is 0 Å². The van der Waals surface area contributed by atoms with Gasteiger partial charge in [-0.05, 0) is 64.7 Å². The van der Waals surface area contributed by atoms with Gasteiger partial charge < -0.3 is 30.7 Å². The normalized spacial score (nSPS) is 20.8. The van der Waals surface area contributed by atoms with Gasteiger partial charge >= 0.3 is 11.9 Å². The monoisotopic (exact) mass is 370 g/mol. The molecule has 0 radical (unpaired) electrons. The smallest absolute Gasteiger partial charge is 0.417 e. The SMILES string of the molecule is NCCCN1CCC(OC(=O)C(=O)OC2CCN(CCCN)CC2)CC1. The van der Waals surface area contributed by atoms with E-state index < -0.39 is 11.9 Å². The van der Waals surface area contributed by atoms with Crippen LogP contribution in [-0.2, 0) is 19.1 Å². The fraction of sp³-hybridized carbons (Fsp3) is 0.889. The summed E-state index contributed by atoms with van der Waals surface area (Å²) in [6.45, 7) is 6.80. The zero-order valence-corrected chi connectivity index (χ0v) is 15.7. The van der Waals surface area contributed by atoms with E-state index in [1.807, 2.05) is 0 Å². The van der Waals surface area contributed by atoms with Crippen LogP contribution in [-0.4, -0.2) is 86.3 Å². The number of nitrogens with two attached hydrogens (primary N) is 2. The van der Waals surface area contributed by atoms with Gasteiger partial charge in [0.05, 0.1) is 0 Å². The number of carbonyl (C=O) groups is 2. The summed E-state index contributed by atoms with van der Waals surface area (Å²) in [4.78, 5) is 28.6. The summed E-state index contributed by atoms with van der Waals surface area (Å²) in [5.74, 6) is -1.70. The second-order valence-electron chi connectivity index (χ2n) is 7.18. The molecule has 26 heavy (non-hydrogen) atoms. The van der Waals surface area contributed by atoms with Crippen LogP contribution in [0, 0.1) is 0 Å². The van der Waals surface area contributed by atoms with Crippen molar-refractivity contribution < 1.29 is 19.1 Å². The molecular weight excluding hydrogens is 336 g/mol. The number of hydrogen-bond acceptors (Lipinski definition) is 8. The molecule has 2 aliphatic rings. The first-order chi connectivity index (χ1) is 12.6. The zero-order chi connectivity index (χ0) is 18.8. The maximum absolute atomic E-state index is 12.0. The molecule has 0 saturated carbocycles. The lowest BCUT2D eigenvalue weighted by Crippen LogP contribution is -2.41. The third-order valence-electron chi connectivity index (χ3n) is 5.14. The quantitative estimate of drug-likeness (QED) is 0.442. The molecule has 0 spiro atoms. The lowest BCUT2D eigenvalue weighted by Gasteiger charge is -2.32. The average molecular weight is 370 g/mol. The van der Waals surface area contributed by atoms with Crippen molar-refractivity contribution in [2.45, 2.75) is 50.7 Å². The summed E-state index contributed by atoms with van der Waals surface area (Å²) >= 11 is 0. The summed E-state index contributed by atoms with van der Waals surface area (Å²) in [6, 6.07) is 0. The molecule has 2 aliphatic heterocycles. The van der Waals surface area contributed by atoms with Gasteiger partial charge in [-0.1, -0.05) is 0 Å². The van der Waals surface area contributed by atoms with Crippen LogP contribution < -0.4 is 11.5 Å². The molecule has 0 bridgehead atoms. The molecule has 0 aromatic heterocycles. The van der Waals surface area contributed by atoms with E-state index in [0.29, 0.717) is 13.1 Å². The standard InChI is InChI=1S/C18H34N4O4/c19-7-1-9-21-11-3-15(4-12-21)25-17(23)18(24)26-16-5-13-22(14-6-16)10-2-8-20/h15-16H,1-14,19-20H2. The van der Waals surface area contributed by atoms with Gasteiger partial charge in [0.15, 0.2) is 0 Å². The van der Waals surface area contributed by atoms with Gasteiger partial charge in [0, 0.05) is 26.2 Å². The predicted octanol–water partition coefficient (Wildman–Crippen LogP) is -0.301. The Morgan fingerprint density at radius 3 is 1.38 bits per heavy atom. The van der Waals surface area contributed by atoms with Crippen LogP contribution >= 0.6 is 0 Å². The highest BCUT2D eigenvalue weighted by atomic mass is 16.6. The van der Waals surface area contributed by atoms with Gasteiger partial charge in [-0.2, -0.15) is 0 Å². The molecule has 2 saturated heterocycles. The molecule has 8 heteroatoms. The number of carbonyl (C=O) groups excluding carboxylic acids is 2. The van der Waals surface area contributed by atoms with Crippen LogP contribution in [0.25, 0.3) is 0 Å². The Bertz CT molecular complexity index is 393. The van der Waals surface area contributed by atoms with E-state index in [1.54, 1.807) is 0 Å². The largest absolute Gasteiger partial charge is 0.454 e. The maximum Gasteiger partial charge on any atom is 0.417 e. The minimum absolute atomic E-state index is 0.192. The Balaban J connectivity index is 1.62. The highest BCUT2D eigenvalue weighted by Gasteiger charge is 2.29. The molecule has 0 aromatic rings. The van der Waals surface area contributed by atoms with E-state index >= 15 is 0 Å². The molecule has 0 aromatic carbocycles. The molecule has 8 nitrogen and oxygen atoms in total. The first-order valence-corrected chi connectivity index (χ1v) is 9.88. The van der Waals surface area contributed by atoms with Gasteiger partial charge in [-0.3, -0.25) is 0 Å². The number of likely N-dealkylation sites (tertiary alicyclic amines) is 2. The minimum Gasteiger partial charge on any atom is -0.454 e. The Hall–Kier alpha value is -1.22. The molecule has 0 unspecified atom stereocenters. The summed E-state index contributed by atoms with van der Waals surface area (Å²) in [5.41, 5.74) is 11.0. The van der Waals surface area contributed by atoms with Crippen LogP contribution in [0.2, 0.25) is 0 Å². The van der Waals surface area contributed by atoms with Crippen LogP contribution in [0.1, 0.15) is 38.5 Å². The first-order valence-electron chi connectivity index (χ1n) is 9.88. The van der Waals surface area contributed by atoms with E-state index in [0.717, 1.165) is 77.8 Å². The third kappa shape index (κ3) is 7.19. The number of piperidine rings is 2. The second-order valence-corrected chi connectivity index (χ2v) is 7.18. The molecular formula is C18H34N4O4. The van der Waals surface area contributed by atoms with Crippen LogP contribution in [0.3, 0.4) is 0 Å².